The van der Waals surface area contributed by atoms with Gasteiger partial charge in [-0.1, -0.05) is 6.08 Å². The van der Waals surface area contributed by atoms with Gasteiger partial charge in [0.2, 0.25) is 0 Å². The average Bonchev–Trinajstić information content (AvgIpc) is 2.20. The van der Waals surface area contributed by atoms with Crippen molar-refractivity contribution in [2.24, 2.45) is 0 Å². The number of nitrogens with one attached hydrogen (secondary N) is 1. The summed E-state index contributed by atoms with van der Waals surface area (Å²) in [6.07, 6.45) is 1.57. The van der Waals surface area contributed by atoms with Gasteiger partial charge in [0.05, 0.1) is 5.69 Å². The van der Waals surface area contributed by atoms with E-state index in [1.165, 1.54) is 12.1 Å². The molecule has 0 heterocycles. The first-order valence-electron chi connectivity index (χ1n) is 4.51. The van der Waals surface area contributed by atoms with Crippen molar-refractivity contribution >= 4 is 11.6 Å². The quantitative estimate of drug-likeness (QED) is 0.586. The van der Waals surface area contributed by atoms with Crippen LogP contribution >= 0.6 is 0 Å². The lowest BCUT2D eigenvalue weighted by atomic mass is 10.1. The molecule has 0 spiro atoms. The third-order valence-electron chi connectivity index (χ3n) is 2.00. The van der Waals surface area contributed by atoms with Crippen LogP contribution in [0.2, 0.25) is 0 Å². The summed E-state index contributed by atoms with van der Waals surface area (Å²) in [5, 5.41) is 2.60. The van der Waals surface area contributed by atoms with Crippen molar-refractivity contribution in [1.29, 1.82) is 0 Å². The number of aryl methyl sites for hydroxylation is 1. The number of benzene rings is 1. The van der Waals surface area contributed by atoms with Gasteiger partial charge in [-0.25, -0.2) is 4.39 Å². The Morgan fingerprint density at radius 2 is 2.33 bits per heavy atom. The zero-order valence-corrected chi connectivity index (χ0v) is 8.51. The van der Waals surface area contributed by atoms with E-state index in [0.29, 0.717) is 17.7 Å². The maximum absolute atomic E-state index is 13.0. The fourth-order valence-corrected chi connectivity index (χ4v) is 1.19. The first-order chi connectivity index (χ1) is 7.06. The van der Waals surface area contributed by atoms with Crippen LogP contribution in [-0.2, 0) is 0 Å². The van der Waals surface area contributed by atoms with E-state index in [1.807, 2.05) is 0 Å². The molecule has 1 amide bonds. The predicted molar refractivity (Wildman–Crippen MR) is 58.1 cm³/mol. The molecule has 0 unspecified atom stereocenters. The molecule has 0 aromatic heterocycles. The highest BCUT2D eigenvalue weighted by Crippen LogP contribution is 2.16. The minimum Gasteiger partial charge on any atom is -0.396 e. The zero-order valence-electron chi connectivity index (χ0n) is 8.51. The van der Waals surface area contributed by atoms with Gasteiger partial charge in [0.15, 0.2) is 0 Å². The Morgan fingerprint density at radius 1 is 1.67 bits per heavy atom. The molecule has 0 fully saturated rings. The lowest BCUT2D eigenvalue weighted by Gasteiger charge is -2.07. The number of halogens is 1. The fourth-order valence-electron chi connectivity index (χ4n) is 1.19. The summed E-state index contributed by atoms with van der Waals surface area (Å²) >= 11 is 0. The third-order valence-corrected chi connectivity index (χ3v) is 2.00. The Kier molecular flexibility index (Phi) is 3.44. The Bertz CT molecular complexity index is 402. The normalized spacial score (nSPS) is 9.73. The summed E-state index contributed by atoms with van der Waals surface area (Å²) in [7, 11) is 0. The molecule has 0 atom stereocenters. The van der Waals surface area contributed by atoms with Crippen LogP contribution in [0.15, 0.2) is 24.8 Å². The number of nitrogens with two attached hydrogens (primary N) is 1. The van der Waals surface area contributed by atoms with Gasteiger partial charge in [0, 0.05) is 12.1 Å². The fraction of sp³-hybridized carbons (Fsp3) is 0.182. The molecule has 1 aromatic rings. The number of carbonyl (C=O) groups excluding carboxylic acids is 1. The van der Waals surface area contributed by atoms with E-state index in [1.54, 1.807) is 13.0 Å². The highest BCUT2D eigenvalue weighted by molar-refractivity contribution is 5.96. The second-order valence-corrected chi connectivity index (χ2v) is 3.19. The highest BCUT2D eigenvalue weighted by Gasteiger charge is 2.11. The van der Waals surface area contributed by atoms with Gasteiger partial charge in [-0.2, -0.15) is 0 Å². The van der Waals surface area contributed by atoms with E-state index in [2.05, 4.69) is 11.9 Å². The standard InChI is InChI=1S/C11H13FN2O/c1-3-4-14-11(15)8-6-10(13)9(12)5-7(8)2/h3,5-6H,1,4,13H2,2H3,(H,14,15). The van der Waals surface area contributed by atoms with Gasteiger partial charge < -0.3 is 11.1 Å². The number of carbonyl (C=O) groups is 1. The lowest BCUT2D eigenvalue weighted by Crippen LogP contribution is -2.24. The molecule has 0 radical (unpaired) electrons. The molecule has 0 aliphatic carbocycles. The van der Waals surface area contributed by atoms with E-state index in [-0.39, 0.29) is 11.6 Å². The van der Waals surface area contributed by atoms with Crippen molar-refractivity contribution in [1.82, 2.24) is 5.32 Å². The minimum absolute atomic E-state index is 0.0237. The molecule has 0 saturated heterocycles. The summed E-state index contributed by atoms with van der Waals surface area (Å²) in [5.74, 6) is -0.785. The van der Waals surface area contributed by atoms with Crippen molar-refractivity contribution in [3.63, 3.8) is 0 Å². The molecule has 0 aliphatic heterocycles. The topological polar surface area (TPSA) is 55.1 Å². The van der Waals surface area contributed by atoms with Crippen molar-refractivity contribution in [2.45, 2.75) is 6.92 Å². The maximum Gasteiger partial charge on any atom is 0.251 e. The highest BCUT2D eigenvalue weighted by atomic mass is 19.1. The predicted octanol–water partition coefficient (Wildman–Crippen LogP) is 1.63. The van der Waals surface area contributed by atoms with E-state index in [4.69, 9.17) is 5.73 Å². The van der Waals surface area contributed by atoms with Crippen LogP contribution in [-0.4, -0.2) is 12.5 Å². The molecule has 1 rings (SSSR count). The maximum atomic E-state index is 13.0. The van der Waals surface area contributed by atoms with Gasteiger partial charge in [0.1, 0.15) is 5.82 Å². The first kappa shape index (κ1) is 11.2. The van der Waals surface area contributed by atoms with Crippen LogP contribution in [0.25, 0.3) is 0 Å². The summed E-state index contributed by atoms with van der Waals surface area (Å²) in [6.45, 7) is 5.51. The molecule has 0 aliphatic rings. The van der Waals surface area contributed by atoms with Crippen LogP contribution in [0, 0.1) is 12.7 Å². The monoisotopic (exact) mass is 208 g/mol. The summed E-state index contributed by atoms with van der Waals surface area (Å²) in [4.78, 5) is 11.6. The lowest BCUT2D eigenvalue weighted by molar-refractivity contribution is 0.0957. The molecule has 3 N–H and O–H groups in total. The molecule has 0 bridgehead atoms. The van der Waals surface area contributed by atoms with Gasteiger partial charge in [-0.05, 0) is 24.6 Å². The smallest absolute Gasteiger partial charge is 0.251 e. The van der Waals surface area contributed by atoms with Crippen molar-refractivity contribution in [3.8, 4) is 0 Å². The summed E-state index contributed by atoms with van der Waals surface area (Å²) < 4.78 is 13.0. The first-order valence-corrected chi connectivity index (χ1v) is 4.51. The SMILES string of the molecule is C=CCNC(=O)c1cc(N)c(F)cc1C. The molecule has 1 aromatic carbocycles. The molecule has 3 nitrogen and oxygen atoms in total. The van der Waals surface area contributed by atoms with Gasteiger partial charge >= 0.3 is 0 Å². The zero-order chi connectivity index (χ0) is 11.4. The van der Waals surface area contributed by atoms with Crippen molar-refractivity contribution in [2.75, 3.05) is 12.3 Å². The second-order valence-electron chi connectivity index (χ2n) is 3.19. The Hall–Kier alpha value is -1.84. The largest absolute Gasteiger partial charge is 0.396 e. The molecule has 15 heavy (non-hydrogen) atoms. The molecular formula is C11H13FN2O. The van der Waals surface area contributed by atoms with Crippen LogP contribution in [0.5, 0.6) is 0 Å². The van der Waals surface area contributed by atoms with Crippen molar-refractivity contribution in [3.05, 3.63) is 41.7 Å². The number of amides is 1. The van der Waals surface area contributed by atoms with Gasteiger partial charge in [-0.3, -0.25) is 4.79 Å². The molecule has 80 valence electrons. The number of nitrogen functional groups attached to an aromatic ring is 1. The van der Waals surface area contributed by atoms with E-state index >= 15 is 0 Å². The number of hydrogen-bond acceptors (Lipinski definition) is 2. The van der Waals surface area contributed by atoms with Crippen LogP contribution in [0.1, 0.15) is 15.9 Å². The number of hydrogen-bond donors (Lipinski definition) is 2. The van der Waals surface area contributed by atoms with Crippen LogP contribution in [0.3, 0.4) is 0 Å². The summed E-state index contributed by atoms with van der Waals surface area (Å²) in [6, 6.07) is 2.58. The average molecular weight is 208 g/mol. The Balaban J connectivity index is 2.98. The Labute approximate surface area is 87.8 Å². The van der Waals surface area contributed by atoms with Gasteiger partial charge in [0.25, 0.3) is 5.91 Å². The molecular weight excluding hydrogens is 195 g/mol. The second kappa shape index (κ2) is 4.59. The number of anilines is 1. The minimum atomic E-state index is -0.507. The number of rotatable bonds is 3. The van der Waals surface area contributed by atoms with E-state index in [9.17, 15) is 9.18 Å². The van der Waals surface area contributed by atoms with Crippen LogP contribution < -0.4 is 11.1 Å². The third kappa shape index (κ3) is 2.56. The van der Waals surface area contributed by atoms with E-state index in [0.717, 1.165) is 0 Å². The summed E-state index contributed by atoms with van der Waals surface area (Å²) in [5.41, 5.74) is 6.30. The molecule has 0 saturated carbocycles. The van der Waals surface area contributed by atoms with Crippen LogP contribution in [0.4, 0.5) is 10.1 Å². The van der Waals surface area contributed by atoms with Gasteiger partial charge in [-0.15, -0.1) is 6.58 Å². The Morgan fingerprint density at radius 3 is 2.93 bits per heavy atom. The molecule has 4 heteroatoms. The van der Waals surface area contributed by atoms with Crippen molar-refractivity contribution < 1.29 is 9.18 Å². The van der Waals surface area contributed by atoms with E-state index < -0.39 is 5.82 Å².